The molecule has 1 aromatic rings. The molecule has 5 heteroatoms. The summed E-state index contributed by atoms with van der Waals surface area (Å²) in [6, 6.07) is 7.70. The van der Waals surface area contributed by atoms with E-state index in [1.807, 2.05) is 36.2 Å². The number of carbonyl (C=O) groups is 1. The van der Waals surface area contributed by atoms with Crippen molar-refractivity contribution in [3.8, 4) is 5.75 Å². The van der Waals surface area contributed by atoms with Crippen LogP contribution in [0.25, 0.3) is 0 Å². The van der Waals surface area contributed by atoms with Crippen LogP contribution in [0.1, 0.15) is 26.2 Å². The van der Waals surface area contributed by atoms with Gasteiger partial charge in [-0.15, -0.1) is 0 Å². The molecule has 122 valence electrons. The van der Waals surface area contributed by atoms with Gasteiger partial charge in [0, 0.05) is 37.9 Å². The SMILES string of the molecule is CCCN1CCC(N(C)C(=O)Nc2cccc(OC)c2)CC1. The molecule has 0 saturated carbocycles. The minimum Gasteiger partial charge on any atom is -0.497 e. The van der Waals surface area contributed by atoms with Crippen LogP contribution in [0.15, 0.2) is 24.3 Å². The monoisotopic (exact) mass is 305 g/mol. The molecule has 0 radical (unpaired) electrons. The van der Waals surface area contributed by atoms with E-state index in [2.05, 4.69) is 17.1 Å². The Bertz CT molecular complexity index is 485. The van der Waals surface area contributed by atoms with Gasteiger partial charge in [-0.05, 0) is 37.9 Å². The van der Waals surface area contributed by atoms with Crippen LogP contribution < -0.4 is 10.1 Å². The summed E-state index contributed by atoms with van der Waals surface area (Å²) in [6.07, 6.45) is 3.28. The Labute approximate surface area is 133 Å². The molecule has 1 fully saturated rings. The molecule has 0 bridgehead atoms. The smallest absolute Gasteiger partial charge is 0.321 e. The molecule has 0 aromatic heterocycles. The predicted molar refractivity (Wildman–Crippen MR) is 89.5 cm³/mol. The number of rotatable bonds is 5. The summed E-state index contributed by atoms with van der Waals surface area (Å²) in [5.41, 5.74) is 0.764. The number of urea groups is 1. The van der Waals surface area contributed by atoms with Crippen LogP contribution in [-0.4, -0.2) is 55.7 Å². The van der Waals surface area contributed by atoms with Crippen molar-refractivity contribution in [2.24, 2.45) is 0 Å². The zero-order chi connectivity index (χ0) is 15.9. The van der Waals surface area contributed by atoms with Crippen molar-refractivity contribution in [3.05, 3.63) is 24.3 Å². The van der Waals surface area contributed by atoms with Gasteiger partial charge >= 0.3 is 6.03 Å². The highest BCUT2D eigenvalue weighted by molar-refractivity contribution is 5.89. The fraction of sp³-hybridized carbons (Fsp3) is 0.588. The van der Waals surface area contributed by atoms with Gasteiger partial charge in [-0.3, -0.25) is 0 Å². The summed E-state index contributed by atoms with van der Waals surface area (Å²) < 4.78 is 5.18. The highest BCUT2D eigenvalue weighted by Gasteiger charge is 2.25. The molecule has 1 N–H and O–H groups in total. The number of carbonyl (C=O) groups excluding carboxylic acids is 1. The minimum atomic E-state index is -0.0535. The van der Waals surface area contributed by atoms with Gasteiger partial charge in [-0.2, -0.15) is 0 Å². The quantitative estimate of drug-likeness (QED) is 0.909. The molecule has 2 rings (SSSR count). The van der Waals surface area contributed by atoms with E-state index in [9.17, 15) is 4.79 Å². The number of nitrogens with zero attached hydrogens (tertiary/aromatic N) is 2. The lowest BCUT2D eigenvalue weighted by Crippen LogP contribution is -2.47. The number of amides is 2. The Hall–Kier alpha value is -1.75. The Kier molecular flexibility index (Phi) is 6.07. The van der Waals surface area contributed by atoms with Crippen LogP contribution in [-0.2, 0) is 0 Å². The van der Waals surface area contributed by atoms with E-state index in [-0.39, 0.29) is 6.03 Å². The standard InChI is InChI=1S/C17H27N3O2/c1-4-10-20-11-8-15(9-12-20)19(2)17(21)18-14-6-5-7-16(13-14)22-3/h5-7,13,15H,4,8-12H2,1-3H3,(H,18,21). The molecule has 1 heterocycles. The number of nitrogens with one attached hydrogen (secondary N) is 1. The summed E-state index contributed by atoms with van der Waals surface area (Å²) in [5.74, 6) is 0.744. The van der Waals surface area contributed by atoms with Gasteiger partial charge in [0.15, 0.2) is 0 Å². The van der Waals surface area contributed by atoms with Crippen LogP contribution in [0.2, 0.25) is 0 Å². The van der Waals surface area contributed by atoms with Gasteiger partial charge in [0.1, 0.15) is 5.75 Å². The number of benzene rings is 1. The van der Waals surface area contributed by atoms with Crippen molar-refractivity contribution < 1.29 is 9.53 Å². The van der Waals surface area contributed by atoms with Gasteiger partial charge in [0.2, 0.25) is 0 Å². The third-order valence-electron chi connectivity index (χ3n) is 4.29. The molecule has 1 saturated heterocycles. The van der Waals surface area contributed by atoms with Gasteiger partial charge in [-0.25, -0.2) is 4.79 Å². The zero-order valence-electron chi connectivity index (χ0n) is 13.8. The fourth-order valence-electron chi connectivity index (χ4n) is 2.92. The first kappa shape index (κ1) is 16.6. The molecular weight excluding hydrogens is 278 g/mol. The van der Waals surface area contributed by atoms with E-state index in [0.717, 1.165) is 43.9 Å². The van der Waals surface area contributed by atoms with Crippen LogP contribution >= 0.6 is 0 Å². The first-order valence-electron chi connectivity index (χ1n) is 8.04. The van der Waals surface area contributed by atoms with Gasteiger partial charge in [0.05, 0.1) is 7.11 Å². The molecular formula is C17H27N3O2. The fourth-order valence-corrected chi connectivity index (χ4v) is 2.92. The van der Waals surface area contributed by atoms with Crippen LogP contribution in [0.5, 0.6) is 5.75 Å². The lowest BCUT2D eigenvalue weighted by molar-refractivity contribution is 0.141. The average Bonchev–Trinajstić information content (AvgIpc) is 2.55. The number of piperidine rings is 1. The molecule has 0 atom stereocenters. The molecule has 0 aliphatic carbocycles. The predicted octanol–water partition coefficient (Wildman–Crippen LogP) is 3.03. The number of methoxy groups -OCH3 is 1. The van der Waals surface area contributed by atoms with Crippen molar-refractivity contribution in [3.63, 3.8) is 0 Å². The van der Waals surface area contributed by atoms with Gasteiger partial charge in [-0.1, -0.05) is 13.0 Å². The van der Waals surface area contributed by atoms with Crippen molar-refractivity contribution >= 4 is 11.7 Å². The van der Waals surface area contributed by atoms with Crippen LogP contribution in [0, 0.1) is 0 Å². The van der Waals surface area contributed by atoms with Crippen molar-refractivity contribution in [1.29, 1.82) is 0 Å². The van der Waals surface area contributed by atoms with Gasteiger partial charge < -0.3 is 19.9 Å². The van der Waals surface area contributed by atoms with Crippen LogP contribution in [0.4, 0.5) is 10.5 Å². The first-order chi connectivity index (χ1) is 10.6. The second-order valence-electron chi connectivity index (χ2n) is 5.85. The minimum absolute atomic E-state index is 0.0535. The molecule has 5 nitrogen and oxygen atoms in total. The lowest BCUT2D eigenvalue weighted by Gasteiger charge is -2.36. The van der Waals surface area contributed by atoms with E-state index in [4.69, 9.17) is 4.74 Å². The maximum absolute atomic E-state index is 12.4. The summed E-state index contributed by atoms with van der Waals surface area (Å²) in [6.45, 7) is 5.52. The number of ether oxygens (including phenoxy) is 1. The maximum Gasteiger partial charge on any atom is 0.321 e. The zero-order valence-corrected chi connectivity index (χ0v) is 13.8. The molecule has 0 spiro atoms. The summed E-state index contributed by atoms with van der Waals surface area (Å²) in [7, 11) is 3.51. The second kappa shape index (κ2) is 8.03. The third kappa shape index (κ3) is 4.37. The summed E-state index contributed by atoms with van der Waals surface area (Å²) in [5, 5.41) is 2.94. The Morgan fingerprint density at radius 1 is 1.41 bits per heavy atom. The second-order valence-corrected chi connectivity index (χ2v) is 5.85. The summed E-state index contributed by atoms with van der Waals surface area (Å²) >= 11 is 0. The molecule has 22 heavy (non-hydrogen) atoms. The third-order valence-corrected chi connectivity index (χ3v) is 4.29. The van der Waals surface area contributed by atoms with Crippen molar-refractivity contribution in [1.82, 2.24) is 9.80 Å². The van der Waals surface area contributed by atoms with E-state index in [1.54, 1.807) is 7.11 Å². The highest BCUT2D eigenvalue weighted by atomic mass is 16.5. The molecule has 2 amide bonds. The molecule has 1 aliphatic heterocycles. The Morgan fingerprint density at radius 2 is 2.14 bits per heavy atom. The normalized spacial score (nSPS) is 16.3. The number of hydrogen-bond donors (Lipinski definition) is 1. The number of hydrogen-bond acceptors (Lipinski definition) is 3. The largest absolute Gasteiger partial charge is 0.497 e. The van der Waals surface area contributed by atoms with E-state index in [1.165, 1.54) is 6.42 Å². The molecule has 1 aromatic carbocycles. The number of anilines is 1. The van der Waals surface area contributed by atoms with E-state index in [0.29, 0.717) is 6.04 Å². The average molecular weight is 305 g/mol. The van der Waals surface area contributed by atoms with Crippen molar-refractivity contribution in [2.45, 2.75) is 32.2 Å². The van der Waals surface area contributed by atoms with E-state index < -0.39 is 0 Å². The maximum atomic E-state index is 12.4. The Morgan fingerprint density at radius 3 is 2.77 bits per heavy atom. The highest BCUT2D eigenvalue weighted by Crippen LogP contribution is 2.19. The molecule has 0 unspecified atom stereocenters. The first-order valence-corrected chi connectivity index (χ1v) is 8.04. The van der Waals surface area contributed by atoms with Crippen LogP contribution in [0.3, 0.4) is 0 Å². The number of likely N-dealkylation sites (tertiary alicyclic amines) is 1. The lowest BCUT2D eigenvalue weighted by atomic mass is 10.0. The Balaban J connectivity index is 1.87. The van der Waals surface area contributed by atoms with E-state index >= 15 is 0 Å². The topological polar surface area (TPSA) is 44.8 Å². The van der Waals surface area contributed by atoms with Crippen molar-refractivity contribution in [2.75, 3.05) is 39.1 Å². The summed E-state index contributed by atoms with van der Waals surface area (Å²) in [4.78, 5) is 16.7. The molecule has 1 aliphatic rings. The van der Waals surface area contributed by atoms with Gasteiger partial charge in [0.25, 0.3) is 0 Å².